The Labute approximate surface area is 183 Å². The summed E-state index contributed by atoms with van der Waals surface area (Å²) in [4.78, 5) is 38.6. The molecule has 0 spiro atoms. The van der Waals surface area contributed by atoms with Gasteiger partial charge in [0.1, 0.15) is 5.37 Å². The van der Waals surface area contributed by atoms with E-state index in [1.54, 1.807) is 18.5 Å². The Morgan fingerprint density at radius 2 is 2.00 bits per heavy atom. The Hall–Kier alpha value is -1.82. The monoisotopic (exact) mass is 451 g/mol. The van der Waals surface area contributed by atoms with E-state index in [4.69, 9.17) is 0 Å². The van der Waals surface area contributed by atoms with Gasteiger partial charge in [-0.3, -0.25) is 14.6 Å². The van der Waals surface area contributed by atoms with E-state index in [2.05, 4.69) is 19.8 Å². The number of aliphatic hydroxyl groups excluding tert-OH is 1. The highest BCUT2D eigenvalue weighted by Gasteiger charge is 2.58. The van der Waals surface area contributed by atoms with Gasteiger partial charge in [-0.25, -0.2) is 14.8 Å². The second-order valence-electron chi connectivity index (χ2n) is 7.39. The number of hydrogen-bond donors (Lipinski definition) is 2. The van der Waals surface area contributed by atoms with Crippen LogP contribution in [-0.2, 0) is 9.59 Å². The number of amides is 1. The molecule has 0 saturated carbocycles. The lowest BCUT2D eigenvalue weighted by atomic mass is 9.90. The van der Waals surface area contributed by atoms with Crippen LogP contribution in [0.15, 0.2) is 28.4 Å². The van der Waals surface area contributed by atoms with Crippen molar-refractivity contribution in [2.45, 2.75) is 24.8 Å². The topological polar surface area (TPSA) is 110 Å². The van der Waals surface area contributed by atoms with Crippen molar-refractivity contribution >= 4 is 41.3 Å². The summed E-state index contributed by atoms with van der Waals surface area (Å²) in [5.74, 6) is -0.379. The maximum Gasteiger partial charge on any atom is 0.354 e. The molecule has 2 fully saturated rings. The van der Waals surface area contributed by atoms with E-state index in [0.717, 1.165) is 44.4 Å². The van der Waals surface area contributed by atoms with Gasteiger partial charge in [-0.2, -0.15) is 0 Å². The minimum atomic E-state index is -1.08. The van der Waals surface area contributed by atoms with Crippen LogP contribution >= 0.6 is 23.5 Å². The van der Waals surface area contributed by atoms with Gasteiger partial charge in [-0.1, -0.05) is 18.7 Å². The number of carboxylic acids is 1. The number of aliphatic carboxylic acids is 1. The third-order valence-electron chi connectivity index (χ3n) is 5.63. The summed E-state index contributed by atoms with van der Waals surface area (Å²) in [6.45, 7) is 6.17. The molecule has 3 aliphatic rings. The van der Waals surface area contributed by atoms with Gasteiger partial charge in [0, 0.05) is 50.9 Å². The first kappa shape index (κ1) is 21.4. The van der Waals surface area contributed by atoms with Gasteiger partial charge in [-0.05, 0) is 12.5 Å². The van der Waals surface area contributed by atoms with Crippen molar-refractivity contribution in [1.82, 2.24) is 19.8 Å². The number of anilines is 1. The van der Waals surface area contributed by atoms with E-state index in [0.29, 0.717) is 10.7 Å². The number of rotatable bonds is 8. The fourth-order valence-electron chi connectivity index (χ4n) is 3.91. The van der Waals surface area contributed by atoms with Crippen molar-refractivity contribution in [2.75, 3.05) is 43.4 Å². The van der Waals surface area contributed by atoms with Crippen LogP contribution in [0, 0.1) is 5.92 Å². The van der Waals surface area contributed by atoms with Crippen molar-refractivity contribution in [3.63, 3.8) is 0 Å². The van der Waals surface area contributed by atoms with Crippen LogP contribution in [0.2, 0.25) is 0 Å². The zero-order valence-electron chi connectivity index (χ0n) is 16.7. The molecule has 1 amide bonds. The Balaban J connectivity index is 1.29. The van der Waals surface area contributed by atoms with Gasteiger partial charge in [0.25, 0.3) is 0 Å². The number of β-lactam (4-membered cyclic amide) rings is 1. The molecule has 3 aliphatic heterocycles. The van der Waals surface area contributed by atoms with Crippen LogP contribution in [-0.4, -0.2) is 91.8 Å². The predicted octanol–water partition coefficient (Wildman–Crippen LogP) is 0.888. The molecule has 30 heavy (non-hydrogen) atoms. The molecule has 4 rings (SSSR count). The molecule has 2 saturated heterocycles. The SMILES string of the molecule is CC[C@H](O)[C@@H]1C(=O)N2C(C(=O)O)=C(SCCN3CCN(c4ncccn4)CC3)S[C@H]12. The first-order valence-corrected chi connectivity index (χ1v) is 11.9. The van der Waals surface area contributed by atoms with E-state index < -0.39 is 18.0 Å². The molecule has 2 N–H and O–H groups in total. The summed E-state index contributed by atoms with van der Waals surface area (Å²) in [6.07, 6.45) is 3.24. The third-order valence-corrected chi connectivity index (χ3v) is 8.27. The number of piperazine rings is 1. The lowest BCUT2D eigenvalue weighted by Gasteiger charge is -2.44. The fourth-order valence-corrected chi connectivity index (χ4v) is 6.86. The Bertz CT molecular complexity index is 831. The summed E-state index contributed by atoms with van der Waals surface area (Å²) in [7, 11) is 0. The van der Waals surface area contributed by atoms with Crippen LogP contribution in [0.5, 0.6) is 0 Å². The molecule has 11 heteroatoms. The average molecular weight is 452 g/mol. The average Bonchev–Trinajstić information content (AvgIpc) is 3.09. The number of carbonyl (C=O) groups is 2. The quantitative estimate of drug-likeness (QED) is 0.553. The fraction of sp³-hybridized carbons (Fsp3) is 0.579. The summed E-state index contributed by atoms with van der Waals surface area (Å²) < 4.78 is 0.669. The van der Waals surface area contributed by atoms with E-state index in [1.807, 2.05) is 6.92 Å². The molecule has 9 nitrogen and oxygen atoms in total. The van der Waals surface area contributed by atoms with Gasteiger partial charge in [0.15, 0.2) is 5.70 Å². The van der Waals surface area contributed by atoms with Crippen LogP contribution in [0.4, 0.5) is 5.95 Å². The third kappa shape index (κ3) is 4.03. The number of nitrogens with zero attached hydrogens (tertiary/aromatic N) is 5. The number of carbonyl (C=O) groups excluding carboxylic acids is 1. The van der Waals surface area contributed by atoms with Crippen molar-refractivity contribution in [3.8, 4) is 0 Å². The van der Waals surface area contributed by atoms with Crippen LogP contribution < -0.4 is 4.90 Å². The Kier molecular flexibility index (Phi) is 6.51. The normalized spacial score (nSPS) is 25.3. The van der Waals surface area contributed by atoms with Crippen LogP contribution in [0.1, 0.15) is 13.3 Å². The smallest absolute Gasteiger partial charge is 0.354 e. The van der Waals surface area contributed by atoms with Crippen molar-refractivity contribution in [3.05, 3.63) is 28.4 Å². The molecule has 4 heterocycles. The van der Waals surface area contributed by atoms with Gasteiger partial charge >= 0.3 is 5.97 Å². The molecular weight excluding hydrogens is 426 g/mol. The molecule has 0 aromatic carbocycles. The highest BCUT2D eigenvalue weighted by atomic mass is 32.2. The number of carboxylic acid groups (broad SMARTS) is 1. The maximum absolute atomic E-state index is 12.4. The summed E-state index contributed by atoms with van der Waals surface area (Å²) in [5.41, 5.74) is 0.0746. The molecule has 162 valence electrons. The second-order valence-corrected chi connectivity index (χ2v) is 9.88. The highest BCUT2D eigenvalue weighted by molar-refractivity contribution is 8.22. The van der Waals surface area contributed by atoms with Gasteiger partial charge in [-0.15, -0.1) is 11.8 Å². The van der Waals surface area contributed by atoms with Crippen molar-refractivity contribution in [1.29, 1.82) is 0 Å². The zero-order valence-corrected chi connectivity index (χ0v) is 18.3. The Morgan fingerprint density at radius 3 is 2.63 bits per heavy atom. The van der Waals surface area contributed by atoms with E-state index in [1.165, 1.54) is 28.4 Å². The summed E-state index contributed by atoms with van der Waals surface area (Å²) in [5, 5.41) is 19.4. The van der Waals surface area contributed by atoms with E-state index >= 15 is 0 Å². The lowest BCUT2D eigenvalue weighted by molar-refractivity contribution is -0.157. The molecule has 0 radical (unpaired) electrons. The van der Waals surface area contributed by atoms with E-state index in [-0.39, 0.29) is 17.0 Å². The van der Waals surface area contributed by atoms with Crippen LogP contribution in [0.3, 0.4) is 0 Å². The molecular formula is C19H25N5O4S2. The molecule has 3 atom stereocenters. The lowest BCUT2D eigenvalue weighted by Crippen LogP contribution is -2.61. The number of fused-ring (bicyclic) bond motifs is 1. The standard InChI is InChI=1S/C19H25N5O4S2/c1-2-12(25)13-15(26)24-14(17(27)28)18(30-16(13)24)29-11-10-22-6-8-23(9-7-22)19-20-4-3-5-21-19/h3-5,12-13,16,25H,2,6-11H2,1H3,(H,27,28)/t12-,13+,16+/m0/s1. The number of aliphatic hydroxyl groups is 1. The highest BCUT2D eigenvalue weighted by Crippen LogP contribution is 2.53. The van der Waals surface area contributed by atoms with Gasteiger partial charge in [0.2, 0.25) is 11.9 Å². The first-order valence-electron chi connectivity index (χ1n) is 10.0. The van der Waals surface area contributed by atoms with Crippen molar-refractivity contribution < 1.29 is 19.8 Å². The van der Waals surface area contributed by atoms with Gasteiger partial charge < -0.3 is 15.1 Å². The first-order chi connectivity index (χ1) is 14.5. The van der Waals surface area contributed by atoms with Gasteiger partial charge in [0.05, 0.1) is 16.3 Å². The molecule has 0 aliphatic carbocycles. The summed E-state index contributed by atoms with van der Waals surface area (Å²) in [6, 6.07) is 1.81. The molecule has 1 aromatic rings. The largest absolute Gasteiger partial charge is 0.477 e. The van der Waals surface area contributed by atoms with Crippen LogP contribution in [0.25, 0.3) is 0 Å². The van der Waals surface area contributed by atoms with E-state index in [9.17, 15) is 19.8 Å². The molecule has 1 aromatic heterocycles. The maximum atomic E-state index is 12.4. The minimum Gasteiger partial charge on any atom is -0.477 e. The summed E-state index contributed by atoms with van der Waals surface area (Å²) >= 11 is 2.89. The number of aromatic nitrogens is 2. The number of thioether (sulfide) groups is 2. The number of hydrogen-bond acceptors (Lipinski definition) is 9. The minimum absolute atomic E-state index is 0.0746. The molecule has 0 bridgehead atoms. The molecule has 0 unspecified atom stereocenters. The predicted molar refractivity (Wildman–Crippen MR) is 116 cm³/mol. The van der Waals surface area contributed by atoms with Crippen molar-refractivity contribution in [2.24, 2.45) is 5.92 Å². The Morgan fingerprint density at radius 1 is 1.30 bits per heavy atom. The zero-order chi connectivity index (χ0) is 21.3. The second kappa shape index (κ2) is 9.13.